The number of hydrogen-bond acceptors (Lipinski definition) is 6. The van der Waals surface area contributed by atoms with Gasteiger partial charge in [-0.15, -0.1) is 11.3 Å². The summed E-state index contributed by atoms with van der Waals surface area (Å²) in [5.74, 6) is 0.367. The van der Waals surface area contributed by atoms with Gasteiger partial charge in [0, 0.05) is 65.0 Å². The van der Waals surface area contributed by atoms with Gasteiger partial charge in [0.05, 0.1) is 26.3 Å². The van der Waals surface area contributed by atoms with Gasteiger partial charge >= 0.3 is 6.03 Å². The number of aliphatic hydroxyl groups is 1. The highest BCUT2D eigenvalue weighted by molar-refractivity contribution is 7.09. The van der Waals surface area contributed by atoms with E-state index in [9.17, 15) is 14.3 Å². The molecule has 6 rings (SSSR count). The zero-order chi connectivity index (χ0) is 24.9. The SMILES string of the molecule is COc1ccc2c3c([nH]c2c1)[C@@H](CO)N(C(=O)Nc1ccc(F)cc1)CC31CN(Cc2nccs2)C1. The molecule has 1 spiro atoms. The van der Waals surface area contributed by atoms with E-state index in [1.54, 1.807) is 23.3 Å². The second kappa shape index (κ2) is 8.88. The molecule has 1 saturated heterocycles. The van der Waals surface area contributed by atoms with Gasteiger partial charge in [-0.1, -0.05) is 0 Å². The van der Waals surface area contributed by atoms with Crippen molar-refractivity contribution >= 4 is 34.0 Å². The minimum Gasteiger partial charge on any atom is -0.497 e. The summed E-state index contributed by atoms with van der Waals surface area (Å²) < 4.78 is 18.8. The van der Waals surface area contributed by atoms with Crippen molar-refractivity contribution in [2.45, 2.75) is 18.0 Å². The van der Waals surface area contributed by atoms with E-state index in [4.69, 9.17) is 4.74 Å². The predicted octanol–water partition coefficient (Wildman–Crippen LogP) is 4.11. The van der Waals surface area contributed by atoms with Gasteiger partial charge in [0.2, 0.25) is 0 Å². The Labute approximate surface area is 211 Å². The number of H-pyrrole nitrogens is 1. The number of nitrogens with zero attached hydrogens (tertiary/aromatic N) is 3. The van der Waals surface area contributed by atoms with Crippen LogP contribution in [0.25, 0.3) is 10.9 Å². The number of carbonyl (C=O) groups is 1. The van der Waals surface area contributed by atoms with Gasteiger partial charge < -0.3 is 25.0 Å². The summed E-state index contributed by atoms with van der Waals surface area (Å²) in [6.45, 7) is 2.50. The molecule has 2 aliphatic rings. The zero-order valence-corrected chi connectivity index (χ0v) is 20.5. The number of aromatic amines is 1. The van der Waals surface area contributed by atoms with Crippen LogP contribution in [0, 0.1) is 5.82 Å². The van der Waals surface area contributed by atoms with Gasteiger partial charge in [0.25, 0.3) is 0 Å². The summed E-state index contributed by atoms with van der Waals surface area (Å²) in [7, 11) is 1.63. The van der Waals surface area contributed by atoms with E-state index in [-0.39, 0.29) is 23.9 Å². The average molecular weight is 508 g/mol. The van der Waals surface area contributed by atoms with E-state index < -0.39 is 6.04 Å². The van der Waals surface area contributed by atoms with E-state index in [2.05, 4.69) is 26.3 Å². The summed E-state index contributed by atoms with van der Waals surface area (Å²) >= 11 is 1.63. The molecule has 1 atom stereocenters. The van der Waals surface area contributed by atoms with Crippen molar-refractivity contribution < 1.29 is 19.0 Å². The molecule has 0 saturated carbocycles. The van der Waals surface area contributed by atoms with Crippen molar-refractivity contribution in [3.05, 3.63) is 76.1 Å². The summed E-state index contributed by atoms with van der Waals surface area (Å²) in [5.41, 5.74) is 3.11. The number of carbonyl (C=O) groups excluding carboxylic acids is 1. The van der Waals surface area contributed by atoms with Crippen LogP contribution in [-0.4, -0.2) is 64.3 Å². The third kappa shape index (κ3) is 3.82. The number of aromatic nitrogens is 2. The minimum absolute atomic E-state index is 0.229. The van der Waals surface area contributed by atoms with Crippen molar-refractivity contribution in [2.24, 2.45) is 0 Å². The fourth-order valence-electron chi connectivity index (χ4n) is 5.65. The maximum absolute atomic E-state index is 13.5. The first kappa shape index (κ1) is 23.0. The predicted molar refractivity (Wildman–Crippen MR) is 136 cm³/mol. The number of amides is 2. The standard InChI is InChI=1S/C26H26FN5O3S/c1-35-18-6-7-19-20(10-18)30-24-21(12-33)32(25(34)29-17-4-2-16(27)3-5-17)15-26(23(19)24)13-31(14-26)11-22-28-8-9-36-22/h2-10,21,30,33H,11-15H2,1H3,(H,29,34)/t21-/m1/s1. The van der Waals surface area contributed by atoms with Crippen LogP contribution in [-0.2, 0) is 12.0 Å². The Hall–Kier alpha value is -3.47. The van der Waals surface area contributed by atoms with Crippen LogP contribution in [0.15, 0.2) is 54.0 Å². The van der Waals surface area contributed by atoms with Crippen molar-refractivity contribution in [3.63, 3.8) is 0 Å². The van der Waals surface area contributed by atoms with Gasteiger partial charge in [-0.2, -0.15) is 0 Å². The molecule has 4 heterocycles. The lowest BCUT2D eigenvalue weighted by atomic mass is 9.69. The first-order valence-electron chi connectivity index (χ1n) is 11.7. The average Bonchev–Trinajstić information content (AvgIpc) is 3.51. The number of benzene rings is 2. The molecule has 2 aliphatic heterocycles. The van der Waals surface area contributed by atoms with Crippen LogP contribution < -0.4 is 10.1 Å². The topological polar surface area (TPSA) is 93.7 Å². The Morgan fingerprint density at radius 2 is 2.08 bits per heavy atom. The lowest BCUT2D eigenvalue weighted by Gasteiger charge is -2.56. The molecule has 1 fully saturated rings. The minimum atomic E-state index is -0.544. The Morgan fingerprint density at radius 1 is 1.28 bits per heavy atom. The van der Waals surface area contributed by atoms with Gasteiger partial charge in [-0.05, 0) is 42.0 Å². The molecule has 8 nitrogen and oxygen atoms in total. The van der Waals surface area contributed by atoms with E-state index in [1.807, 2.05) is 23.7 Å². The number of urea groups is 1. The molecule has 2 aromatic carbocycles. The highest BCUT2D eigenvalue weighted by atomic mass is 32.1. The molecule has 2 aromatic heterocycles. The number of rotatable bonds is 5. The fourth-order valence-corrected chi connectivity index (χ4v) is 6.31. The first-order valence-corrected chi connectivity index (χ1v) is 12.6. The lowest BCUT2D eigenvalue weighted by molar-refractivity contribution is 0.00854. The molecule has 2 amide bonds. The molecule has 0 unspecified atom stereocenters. The smallest absolute Gasteiger partial charge is 0.322 e. The fraction of sp³-hybridized carbons (Fsp3) is 0.308. The summed E-state index contributed by atoms with van der Waals surface area (Å²) in [4.78, 5) is 25.4. The Bertz CT molecular complexity index is 1400. The molecule has 0 aliphatic carbocycles. The highest BCUT2D eigenvalue weighted by Gasteiger charge is 2.53. The normalized spacial score (nSPS) is 18.8. The Balaban J connectivity index is 1.38. The third-order valence-electron chi connectivity index (χ3n) is 7.17. The van der Waals surface area contributed by atoms with E-state index in [1.165, 1.54) is 24.3 Å². The molecular weight excluding hydrogens is 481 g/mol. The molecule has 186 valence electrons. The van der Waals surface area contributed by atoms with Crippen molar-refractivity contribution in [3.8, 4) is 5.75 Å². The number of nitrogens with one attached hydrogen (secondary N) is 2. The third-order valence-corrected chi connectivity index (χ3v) is 7.94. The van der Waals surface area contributed by atoms with Gasteiger partial charge in [-0.25, -0.2) is 14.2 Å². The number of methoxy groups -OCH3 is 1. The molecule has 10 heteroatoms. The zero-order valence-electron chi connectivity index (χ0n) is 19.7. The van der Waals surface area contributed by atoms with Crippen LogP contribution in [0.1, 0.15) is 22.3 Å². The Kier molecular flexibility index (Phi) is 5.66. The molecule has 0 radical (unpaired) electrons. The van der Waals surface area contributed by atoms with Crippen molar-refractivity contribution in [1.29, 1.82) is 0 Å². The maximum Gasteiger partial charge on any atom is 0.322 e. The van der Waals surface area contributed by atoms with E-state index >= 15 is 0 Å². The lowest BCUT2D eigenvalue weighted by Crippen LogP contribution is -2.66. The number of halogens is 1. The van der Waals surface area contributed by atoms with Gasteiger partial charge in [0.1, 0.15) is 16.6 Å². The molecule has 3 N–H and O–H groups in total. The summed E-state index contributed by atoms with van der Waals surface area (Å²) in [6, 6.07) is 10.7. The molecular formula is C26H26FN5O3S. The quantitative estimate of drug-likeness (QED) is 0.378. The van der Waals surface area contributed by atoms with E-state index in [0.29, 0.717) is 12.2 Å². The van der Waals surface area contributed by atoms with Crippen molar-refractivity contribution in [2.75, 3.05) is 38.7 Å². The van der Waals surface area contributed by atoms with E-state index in [0.717, 1.165) is 52.6 Å². The highest BCUT2D eigenvalue weighted by Crippen LogP contribution is 2.49. The van der Waals surface area contributed by atoms with Crippen LogP contribution in [0.4, 0.5) is 14.9 Å². The summed E-state index contributed by atoms with van der Waals surface area (Å²) in [6.07, 6.45) is 1.81. The molecule has 36 heavy (non-hydrogen) atoms. The number of thiazole rings is 1. The number of likely N-dealkylation sites (tertiary alicyclic amines) is 1. The maximum atomic E-state index is 13.5. The summed E-state index contributed by atoms with van der Waals surface area (Å²) in [5, 5.41) is 17.4. The van der Waals surface area contributed by atoms with Crippen LogP contribution in [0.2, 0.25) is 0 Å². The number of anilines is 1. The van der Waals surface area contributed by atoms with Crippen LogP contribution in [0.3, 0.4) is 0 Å². The first-order chi connectivity index (χ1) is 17.5. The molecule has 0 bridgehead atoms. The number of hydrogen-bond donors (Lipinski definition) is 3. The number of ether oxygens (including phenoxy) is 1. The second-order valence-corrected chi connectivity index (χ2v) is 10.4. The van der Waals surface area contributed by atoms with Gasteiger partial charge in [0.15, 0.2) is 0 Å². The second-order valence-electron chi connectivity index (χ2n) is 9.44. The largest absolute Gasteiger partial charge is 0.497 e. The van der Waals surface area contributed by atoms with Crippen molar-refractivity contribution in [1.82, 2.24) is 19.8 Å². The van der Waals surface area contributed by atoms with Gasteiger partial charge in [-0.3, -0.25) is 4.90 Å². The number of aliphatic hydroxyl groups excluding tert-OH is 1. The van der Waals surface area contributed by atoms with Crippen LogP contribution in [0.5, 0.6) is 5.75 Å². The monoisotopic (exact) mass is 507 g/mol. The molecule has 4 aromatic rings. The number of fused-ring (bicyclic) bond motifs is 4. The Morgan fingerprint density at radius 3 is 2.78 bits per heavy atom. The van der Waals surface area contributed by atoms with Crippen LogP contribution >= 0.6 is 11.3 Å².